The summed E-state index contributed by atoms with van der Waals surface area (Å²) < 4.78 is 0.680. The minimum atomic E-state index is -0.224. The molecule has 1 aromatic heterocycles. The van der Waals surface area contributed by atoms with Crippen molar-refractivity contribution in [2.75, 3.05) is 0 Å². The second kappa shape index (κ2) is 5.64. The molecule has 0 aliphatic carbocycles. The van der Waals surface area contributed by atoms with E-state index < -0.39 is 0 Å². The van der Waals surface area contributed by atoms with Gasteiger partial charge in [0.15, 0.2) is 0 Å². The average molecular weight is 307 g/mol. The number of nitrogens with zero attached hydrogens (tertiary/aromatic N) is 1. The molecule has 0 radical (unpaired) electrons. The molecule has 0 fully saturated rings. The molecule has 0 saturated heterocycles. The molecule has 2 aromatic rings. The van der Waals surface area contributed by atoms with Crippen LogP contribution < -0.4 is 5.32 Å². The molecular formula is C13H11BrN2O2. The zero-order valence-corrected chi connectivity index (χ0v) is 11.0. The Balaban J connectivity index is 2.01. The summed E-state index contributed by atoms with van der Waals surface area (Å²) in [5.41, 5.74) is 1.16. The lowest BCUT2D eigenvalue weighted by atomic mass is 10.2. The van der Waals surface area contributed by atoms with Crippen LogP contribution >= 0.6 is 15.9 Å². The number of carbonyl (C=O) groups excluding carboxylic acids is 1. The topological polar surface area (TPSA) is 62.2 Å². The Morgan fingerprint density at radius 1 is 1.28 bits per heavy atom. The third-order valence-corrected chi connectivity index (χ3v) is 2.89. The number of halogens is 1. The van der Waals surface area contributed by atoms with Gasteiger partial charge in [-0.05, 0) is 34.1 Å². The van der Waals surface area contributed by atoms with E-state index in [1.165, 1.54) is 6.20 Å². The molecule has 0 bridgehead atoms. The van der Waals surface area contributed by atoms with E-state index in [0.29, 0.717) is 15.7 Å². The number of para-hydroxylation sites is 1. The second-order valence-corrected chi connectivity index (χ2v) is 4.49. The maximum absolute atomic E-state index is 11.8. The van der Waals surface area contributed by atoms with Gasteiger partial charge in [0.05, 0.1) is 5.56 Å². The molecule has 0 aliphatic heterocycles. The van der Waals surface area contributed by atoms with Gasteiger partial charge in [0.1, 0.15) is 10.4 Å². The van der Waals surface area contributed by atoms with Gasteiger partial charge >= 0.3 is 0 Å². The quantitative estimate of drug-likeness (QED) is 0.856. The Morgan fingerprint density at radius 2 is 2.06 bits per heavy atom. The van der Waals surface area contributed by atoms with Crippen LogP contribution in [0.1, 0.15) is 15.9 Å². The number of aromatic hydroxyl groups is 1. The number of rotatable bonds is 3. The molecule has 0 saturated carbocycles. The molecule has 5 heteroatoms. The van der Waals surface area contributed by atoms with Crippen LogP contribution in [-0.4, -0.2) is 16.0 Å². The Bertz CT molecular complexity index is 555. The van der Waals surface area contributed by atoms with E-state index in [1.54, 1.807) is 30.3 Å². The van der Waals surface area contributed by atoms with Gasteiger partial charge in [-0.3, -0.25) is 4.79 Å². The van der Waals surface area contributed by atoms with Crippen molar-refractivity contribution in [2.24, 2.45) is 0 Å². The SMILES string of the molecule is O=C(NCc1ccccc1O)c1ccc(Br)nc1. The number of nitrogens with one attached hydrogen (secondary N) is 1. The summed E-state index contributed by atoms with van der Waals surface area (Å²) in [6.07, 6.45) is 1.49. The van der Waals surface area contributed by atoms with Crippen molar-refractivity contribution in [3.63, 3.8) is 0 Å². The first-order chi connectivity index (χ1) is 8.66. The fraction of sp³-hybridized carbons (Fsp3) is 0.0769. The number of carbonyl (C=O) groups is 1. The lowest BCUT2D eigenvalue weighted by Crippen LogP contribution is -2.22. The van der Waals surface area contributed by atoms with Crippen LogP contribution in [0.5, 0.6) is 5.75 Å². The standard InChI is InChI=1S/C13H11BrN2O2/c14-12-6-5-10(8-15-12)13(18)16-7-9-3-1-2-4-11(9)17/h1-6,8,17H,7H2,(H,16,18). The highest BCUT2D eigenvalue weighted by Gasteiger charge is 2.06. The van der Waals surface area contributed by atoms with E-state index in [0.717, 1.165) is 0 Å². The Labute approximate surface area is 113 Å². The number of amides is 1. The minimum absolute atomic E-state index is 0.173. The molecular weight excluding hydrogens is 296 g/mol. The first-order valence-electron chi connectivity index (χ1n) is 5.33. The van der Waals surface area contributed by atoms with Crippen LogP contribution in [0.15, 0.2) is 47.2 Å². The molecule has 2 rings (SSSR count). The molecule has 1 amide bonds. The molecule has 0 atom stereocenters. The first kappa shape index (κ1) is 12.6. The average Bonchev–Trinajstić information content (AvgIpc) is 2.38. The molecule has 2 N–H and O–H groups in total. The number of phenolic OH excluding ortho intramolecular Hbond substituents is 1. The Morgan fingerprint density at radius 3 is 2.72 bits per heavy atom. The van der Waals surface area contributed by atoms with Crippen LogP contribution in [0.25, 0.3) is 0 Å². The van der Waals surface area contributed by atoms with Crippen molar-refractivity contribution in [2.45, 2.75) is 6.54 Å². The summed E-state index contributed by atoms with van der Waals surface area (Å²) in [5.74, 6) is -0.0509. The number of pyridine rings is 1. The lowest BCUT2D eigenvalue weighted by molar-refractivity contribution is 0.0950. The highest BCUT2D eigenvalue weighted by Crippen LogP contribution is 2.15. The molecule has 1 aromatic carbocycles. The summed E-state index contributed by atoms with van der Waals surface area (Å²) in [4.78, 5) is 15.8. The fourth-order valence-corrected chi connectivity index (χ4v) is 1.68. The van der Waals surface area contributed by atoms with E-state index in [4.69, 9.17) is 0 Å². The van der Waals surface area contributed by atoms with Crippen LogP contribution in [0.3, 0.4) is 0 Å². The van der Waals surface area contributed by atoms with Crippen LogP contribution in [0.2, 0.25) is 0 Å². The van der Waals surface area contributed by atoms with Gasteiger partial charge in [0, 0.05) is 18.3 Å². The van der Waals surface area contributed by atoms with Crippen LogP contribution in [-0.2, 0) is 6.54 Å². The third-order valence-electron chi connectivity index (χ3n) is 2.42. The first-order valence-corrected chi connectivity index (χ1v) is 6.13. The number of hydrogen-bond donors (Lipinski definition) is 2. The predicted molar refractivity (Wildman–Crippen MR) is 71.2 cm³/mol. The molecule has 0 unspecified atom stereocenters. The predicted octanol–water partition coefficient (Wildman–Crippen LogP) is 2.48. The van der Waals surface area contributed by atoms with Gasteiger partial charge in [-0.1, -0.05) is 18.2 Å². The van der Waals surface area contributed by atoms with Gasteiger partial charge < -0.3 is 10.4 Å². The normalized spacial score (nSPS) is 10.1. The smallest absolute Gasteiger partial charge is 0.253 e. The zero-order chi connectivity index (χ0) is 13.0. The largest absolute Gasteiger partial charge is 0.508 e. The van der Waals surface area contributed by atoms with Gasteiger partial charge in [-0.25, -0.2) is 4.98 Å². The summed E-state index contributed by atoms with van der Waals surface area (Å²) in [6.45, 7) is 0.279. The summed E-state index contributed by atoms with van der Waals surface area (Å²) in [5, 5.41) is 12.3. The highest BCUT2D eigenvalue weighted by molar-refractivity contribution is 9.10. The summed E-state index contributed by atoms with van der Waals surface area (Å²) >= 11 is 3.20. The molecule has 92 valence electrons. The van der Waals surface area contributed by atoms with Gasteiger partial charge in [0.2, 0.25) is 0 Å². The molecule has 0 aliphatic rings. The van der Waals surface area contributed by atoms with E-state index in [-0.39, 0.29) is 18.2 Å². The van der Waals surface area contributed by atoms with E-state index in [2.05, 4.69) is 26.2 Å². The van der Waals surface area contributed by atoms with Crippen LogP contribution in [0, 0.1) is 0 Å². The van der Waals surface area contributed by atoms with Gasteiger partial charge in [-0.15, -0.1) is 0 Å². The molecule has 1 heterocycles. The van der Waals surface area contributed by atoms with E-state index in [1.807, 2.05) is 6.07 Å². The lowest BCUT2D eigenvalue weighted by Gasteiger charge is -2.06. The van der Waals surface area contributed by atoms with Crippen molar-refractivity contribution < 1.29 is 9.90 Å². The van der Waals surface area contributed by atoms with Crippen LogP contribution in [0.4, 0.5) is 0 Å². The molecule has 0 spiro atoms. The van der Waals surface area contributed by atoms with Crippen molar-refractivity contribution in [1.29, 1.82) is 0 Å². The highest BCUT2D eigenvalue weighted by atomic mass is 79.9. The van der Waals surface area contributed by atoms with Gasteiger partial charge in [0.25, 0.3) is 5.91 Å². The number of hydrogen-bond acceptors (Lipinski definition) is 3. The number of aromatic nitrogens is 1. The van der Waals surface area contributed by atoms with Crippen molar-refractivity contribution >= 4 is 21.8 Å². The van der Waals surface area contributed by atoms with Crippen molar-refractivity contribution in [3.05, 3.63) is 58.3 Å². The monoisotopic (exact) mass is 306 g/mol. The Hall–Kier alpha value is -1.88. The third kappa shape index (κ3) is 3.07. The van der Waals surface area contributed by atoms with E-state index >= 15 is 0 Å². The fourth-order valence-electron chi connectivity index (χ4n) is 1.45. The zero-order valence-electron chi connectivity index (χ0n) is 9.43. The Kier molecular flexibility index (Phi) is 3.94. The van der Waals surface area contributed by atoms with E-state index in [9.17, 15) is 9.90 Å². The summed E-state index contributed by atoms with van der Waals surface area (Å²) in [7, 11) is 0. The van der Waals surface area contributed by atoms with Gasteiger partial charge in [-0.2, -0.15) is 0 Å². The summed E-state index contributed by atoms with van der Waals surface area (Å²) in [6, 6.07) is 10.3. The minimum Gasteiger partial charge on any atom is -0.508 e. The molecule has 4 nitrogen and oxygen atoms in total. The maximum Gasteiger partial charge on any atom is 0.253 e. The van der Waals surface area contributed by atoms with Crippen molar-refractivity contribution in [1.82, 2.24) is 10.3 Å². The second-order valence-electron chi connectivity index (χ2n) is 3.68. The number of phenols is 1. The number of benzene rings is 1. The maximum atomic E-state index is 11.8. The van der Waals surface area contributed by atoms with Crippen molar-refractivity contribution in [3.8, 4) is 5.75 Å². The molecule has 18 heavy (non-hydrogen) atoms.